The lowest BCUT2D eigenvalue weighted by Gasteiger charge is -2.16. The number of ether oxygens (including phenoxy) is 1. The van der Waals surface area contributed by atoms with Crippen LogP contribution in [0.2, 0.25) is 0 Å². The summed E-state index contributed by atoms with van der Waals surface area (Å²) in [6.45, 7) is 19.8. The van der Waals surface area contributed by atoms with Gasteiger partial charge in [-0.3, -0.25) is 0 Å². The highest BCUT2D eigenvalue weighted by Gasteiger charge is 2.12. The van der Waals surface area contributed by atoms with Gasteiger partial charge < -0.3 is 4.74 Å². The molecule has 0 aromatic carbocycles. The number of rotatable bonds is 13. The summed E-state index contributed by atoms with van der Waals surface area (Å²) in [7, 11) is 0. The van der Waals surface area contributed by atoms with Crippen molar-refractivity contribution in [2.24, 2.45) is 5.92 Å². The minimum atomic E-state index is 0.524. The molecule has 0 aromatic heterocycles. The molecule has 0 aliphatic heterocycles. The molecule has 0 heterocycles. The van der Waals surface area contributed by atoms with Crippen LogP contribution >= 0.6 is 0 Å². The van der Waals surface area contributed by atoms with E-state index in [9.17, 15) is 0 Å². The van der Waals surface area contributed by atoms with Gasteiger partial charge in [0.25, 0.3) is 0 Å². The van der Waals surface area contributed by atoms with Crippen molar-refractivity contribution in [3.05, 3.63) is 23.0 Å². The summed E-state index contributed by atoms with van der Waals surface area (Å²) < 4.78 is 5.61. The van der Waals surface area contributed by atoms with E-state index >= 15 is 0 Å². The first kappa shape index (κ1) is 31.5. The lowest BCUT2D eigenvalue weighted by molar-refractivity contribution is 0.228. The van der Waals surface area contributed by atoms with Gasteiger partial charge in [0, 0.05) is 5.57 Å². The SMILES string of the molecule is C#C/C(=C\C(CC)=C(/C)OCC)C(CCC)CCC.CC.CCCCCCC. The number of hydrogen-bond donors (Lipinski definition) is 0. The van der Waals surface area contributed by atoms with E-state index in [2.05, 4.69) is 46.6 Å². The second-order valence-corrected chi connectivity index (χ2v) is 6.95. The largest absolute Gasteiger partial charge is 0.498 e. The highest BCUT2D eigenvalue weighted by Crippen LogP contribution is 2.25. The summed E-state index contributed by atoms with van der Waals surface area (Å²) >= 11 is 0. The average molecular weight is 393 g/mol. The van der Waals surface area contributed by atoms with Crippen LogP contribution in [0.5, 0.6) is 0 Å². The Morgan fingerprint density at radius 3 is 1.68 bits per heavy atom. The van der Waals surface area contributed by atoms with E-state index in [1.165, 1.54) is 63.4 Å². The fraction of sp³-hybridized carbons (Fsp3) is 0.778. The topological polar surface area (TPSA) is 9.23 Å². The van der Waals surface area contributed by atoms with Crippen LogP contribution < -0.4 is 0 Å². The molecule has 0 radical (unpaired) electrons. The van der Waals surface area contributed by atoms with E-state index in [1.54, 1.807) is 0 Å². The molecule has 0 aromatic rings. The van der Waals surface area contributed by atoms with Crippen LogP contribution in [0, 0.1) is 18.3 Å². The van der Waals surface area contributed by atoms with E-state index in [4.69, 9.17) is 11.2 Å². The zero-order valence-electron chi connectivity index (χ0n) is 20.9. The first-order valence-electron chi connectivity index (χ1n) is 12.1. The Hall–Kier alpha value is -1.16. The first-order chi connectivity index (χ1) is 13.6. The molecule has 0 N–H and O–H groups in total. The number of allylic oxidation sites excluding steroid dienone is 4. The Morgan fingerprint density at radius 1 is 0.857 bits per heavy atom. The quantitative estimate of drug-likeness (QED) is 0.131. The van der Waals surface area contributed by atoms with Crippen molar-refractivity contribution in [3.63, 3.8) is 0 Å². The molecule has 0 aliphatic rings. The van der Waals surface area contributed by atoms with Gasteiger partial charge in [-0.25, -0.2) is 0 Å². The molecule has 0 aliphatic carbocycles. The van der Waals surface area contributed by atoms with Gasteiger partial charge in [0.15, 0.2) is 0 Å². The van der Waals surface area contributed by atoms with Crippen molar-refractivity contribution in [1.29, 1.82) is 0 Å². The van der Waals surface area contributed by atoms with Crippen LogP contribution in [0.3, 0.4) is 0 Å². The maximum Gasteiger partial charge on any atom is 0.0960 e. The van der Waals surface area contributed by atoms with Crippen LogP contribution in [0.15, 0.2) is 23.0 Å². The summed E-state index contributed by atoms with van der Waals surface area (Å²) in [5, 5.41) is 0. The van der Waals surface area contributed by atoms with Crippen molar-refractivity contribution < 1.29 is 4.74 Å². The molecule has 166 valence electrons. The highest BCUT2D eigenvalue weighted by molar-refractivity contribution is 5.36. The van der Waals surface area contributed by atoms with Crippen molar-refractivity contribution in [2.45, 2.75) is 127 Å². The molecule has 0 rings (SSSR count). The van der Waals surface area contributed by atoms with Gasteiger partial charge in [0.05, 0.1) is 12.4 Å². The van der Waals surface area contributed by atoms with E-state index in [-0.39, 0.29) is 0 Å². The molecule has 1 nitrogen and oxygen atoms in total. The molecule has 0 unspecified atom stereocenters. The van der Waals surface area contributed by atoms with Gasteiger partial charge in [-0.2, -0.15) is 0 Å². The molecular formula is C27H52O. The van der Waals surface area contributed by atoms with Gasteiger partial charge in [0.2, 0.25) is 0 Å². The second kappa shape index (κ2) is 25.8. The van der Waals surface area contributed by atoms with Gasteiger partial charge in [-0.15, -0.1) is 6.42 Å². The Balaban J connectivity index is -0.000000581. The molecule has 28 heavy (non-hydrogen) atoms. The van der Waals surface area contributed by atoms with E-state index < -0.39 is 0 Å². The fourth-order valence-corrected chi connectivity index (χ4v) is 3.06. The zero-order valence-corrected chi connectivity index (χ0v) is 20.9. The maximum atomic E-state index is 5.73. The third-order valence-corrected chi connectivity index (χ3v) is 4.61. The summed E-state index contributed by atoms with van der Waals surface area (Å²) in [5.41, 5.74) is 2.37. The minimum absolute atomic E-state index is 0.524. The Morgan fingerprint density at radius 2 is 1.36 bits per heavy atom. The molecule has 0 saturated carbocycles. The summed E-state index contributed by atoms with van der Waals surface area (Å²) in [6.07, 6.45) is 20.6. The predicted molar refractivity (Wildman–Crippen MR) is 131 cm³/mol. The standard InChI is InChI=1S/C18H30O.C7H16.C2H6/c1-7-12-18(13-8-2)17(10-4)14-16(9-3)15(6)19-11-5;1-3-5-7-6-4-2;1-2/h4,14,18H,7-9,11-13H2,1-3,5-6H3;3-7H2,1-2H3;1-2H3/b16-15+,17-14+;;. The third kappa shape index (κ3) is 18.2. The van der Waals surface area contributed by atoms with Gasteiger partial charge in [0.1, 0.15) is 0 Å². The highest BCUT2D eigenvalue weighted by atomic mass is 16.5. The van der Waals surface area contributed by atoms with Crippen molar-refractivity contribution >= 4 is 0 Å². The molecule has 1 heteroatoms. The zero-order chi connectivity index (χ0) is 22.2. The number of unbranched alkanes of at least 4 members (excludes halogenated alkanes) is 4. The maximum absolute atomic E-state index is 5.73. The van der Waals surface area contributed by atoms with Crippen LogP contribution in [-0.4, -0.2) is 6.61 Å². The van der Waals surface area contributed by atoms with E-state index in [0.29, 0.717) is 12.5 Å². The molecule has 0 bridgehead atoms. The molecule has 0 saturated heterocycles. The van der Waals surface area contributed by atoms with E-state index in [1.807, 2.05) is 27.7 Å². The lowest BCUT2D eigenvalue weighted by atomic mass is 9.89. The summed E-state index contributed by atoms with van der Waals surface area (Å²) in [6, 6.07) is 0. The number of terminal acetylenes is 1. The van der Waals surface area contributed by atoms with E-state index in [0.717, 1.165) is 17.8 Å². The third-order valence-electron chi connectivity index (χ3n) is 4.61. The predicted octanol–water partition coefficient (Wildman–Crippen LogP) is 9.49. The number of hydrogen-bond acceptors (Lipinski definition) is 1. The van der Waals surface area contributed by atoms with Gasteiger partial charge in [-0.1, -0.05) is 99.3 Å². The smallest absolute Gasteiger partial charge is 0.0960 e. The molecule has 0 fully saturated rings. The van der Waals surface area contributed by atoms with Crippen molar-refractivity contribution in [3.8, 4) is 12.3 Å². The molecular weight excluding hydrogens is 340 g/mol. The first-order valence-corrected chi connectivity index (χ1v) is 12.1. The molecule has 0 amide bonds. The van der Waals surface area contributed by atoms with Gasteiger partial charge >= 0.3 is 0 Å². The van der Waals surface area contributed by atoms with Crippen LogP contribution in [0.4, 0.5) is 0 Å². The minimum Gasteiger partial charge on any atom is -0.498 e. The Bertz CT molecular complexity index is 398. The monoisotopic (exact) mass is 392 g/mol. The summed E-state index contributed by atoms with van der Waals surface area (Å²) in [5.74, 6) is 4.43. The van der Waals surface area contributed by atoms with Crippen LogP contribution in [-0.2, 0) is 4.74 Å². The van der Waals surface area contributed by atoms with Crippen LogP contribution in [0.1, 0.15) is 127 Å². The van der Waals surface area contributed by atoms with Gasteiger partial charge in [-0.05, 0) is 50.7 Å². The normalized spacial score (nSPS) is 11.5. The van der Waals surface area contributed by atoms with Crippen molar-refractivity contribution in [1.82, 2.24) is 0 Å². The lowest BCUT2D eigenvalue weighted by Crippen LogP contribution is -2.04. The summed E-state index contributed by atoms with van der Waals surface area (Å²) in [4.78, 5) is 0. The fourth-order valence-electron chi connectivity index (χ4n) is 3.06. The van der Waals surface area contributed by atoms with Crippen LogP contribution in [0.25, 0.3) is 0 Å². The Labute approximate surface area is 179 Å². The van der Waals surface area contributed by atoms with Crippen molar-refractivity contribution in [2.75, 3.05) is 6.61 Å². The average Bonchev–Trinajstić information content (AvgIpc) is 2.71. The molecule has 0 atom stereocenters. The second-order valence-electron chi connectivity index (χ2n) is 6.95. The molecule has 0 spiro atoms. The Kier molecular flexibility index (Phi) is 29.1.